The van der Waals surface area contributed by atoms with Crippen molar-refractivity contribution in [3.63, 3.8) is 0 Å². The number of rotatable bonds is 6. The first kappa shape index (κ1) is 18.6. The van der Waals surface area contributed by atoms with Gasteiger partial charge in [-0.25, -0.2) is 0 Å². The number of nitrogens with one attached hydrogen (secondary N) is 2. The molecule has 2 unspecified atom stereocenters. The molecule has 2 rings (SSSR count). The number of amides is 1. The zero-order chi connectivity index (χ0) is 15.2. The Kier molecular flexibility index (Phi) is 7.55. The highest BCUT2D eigenvalue weighted by Gasteiger charge is 2.25. The van der Waals surface area contributed by atoms with E-state index in [4.69, 9.17) is 0 Å². The van der Waals surface area contributed by atoms with Gasteiger partial charge in [0.25, 0.3) is 0 Å². The van der Waals surface area contributed by atoms with Gasteiger partial charge in [0.2, 0.25) is 5.91 Å². The summed E-state index contributed by atoms with van der Waals surface area (Å²) in [6.45, 7) is 0.521. The number of hydrogen-bond donors (Lipinski definition) is 2. The van der Waals surface area contributed by atoms with Gasteiger partial charge in [-0.3, -0.25) is 4.79 Å². The van der Waals surface area contributed by atoms with Crippen molar-refractivity contribution in [2.45, 2.75) is 32.4 Å². The summed E-state index contributed by atoms with van der Waals surface area (Å²) in [5.74, 6) is 0.0186. The van der Waals surface area contributed by atoms with Crippen LogP contribution in [-0.2, 0) is 4.79 Å². The molecule has 1 amide bonds. The minimum atomic E-state index is -2.88. The van der Waals surface area contributed by atoms with Gasteiger partial charge in [0.15, 0.2) is 0 Å². The number of hydrogen-bond acceptors (Lipinski definition) is 3. The third-order valence-corrected chi connectivity index (χ3v) is 3.67. The van der Waals surface area contributed by atoms with E-state index in [1.807, 2.05) is 6.92 Å². The molecule has 0 aromatic heterocycles. The molecule has 0 bridgehead atoms. The number of ether oxygens (including phenoxy) is 1. The van der Waals surface area contributed by atoms with E-state index < -0.39 is 6.61 Å². The fraction of sp³-hybridized carbons (Fsp3) is 0.533. The second kappa shape index (κ2) is 8.90. The molecule has 1 saturated heterocycles. The number of benzene rings is 1. The largest absolute Gasteiger partial charge is 0.434 e. The Hall–Kier alpha value is -1.40. The Morgan fingerprint density at radius 2 is 2.18 bits per heavy atom. The van der Waals surface area contributed by atoms with E-state index in [2.05, 4.69) is 15.4 Å². The number of alkyl halides is 2. The molecule has 4 nitrogen and oxygen atoms in total. The van der Waals surface area contributed by atoms with Gasteiger partial charge in [0, 0.05) is 12.1 Å². The third kappa shape index (κ3) is 4.81. The Balaban J connectivity index is 0.00000242. The normalized spacial score (nSPS) is 18.6. The third-order valence-electron chi connectivity index (χ3n) is 3.67. The smallest absolute Gasteiger partial charge is 0.387 e. The lowest BCUT2D eigenvalue weighted by molar-refractivity contribution is -0.125. The van der Waals surface area contributed by atoms with Gasteiger partial charge in [-0.1, -0.05) is 25.1 Å². The number of carbonyl (C=O) groups is 1. The Bertz CT molecular complexity index is 482. The molecule has 1 aromatic rings. The highest BCUT2D eigenvalue weighted by molar-refractivity contribution is 5.85. The quantitative estimate of drug-likeness (QED) is 0.841. The summed E-state index contributed by atoms with van der Waals surface area (Å²) >= 11 is 0. The molecule has 124 valence electrons. The molecular formula is C15H21ClF2N2O2. The molecule has 7 heteroatoms. The summed E-state index contributed by atoms with van der Waals surface area (Å²) in [5.41, 5.74) is 0.583. The molecule has 0 saturated carbocycles. The lowest BCUT2D eigenvalue weighted by Crippen LogP contribution is -2.35. The van der Waals surface area contributed by atoms with E-state index in [0.717, 1.165) is 13.0 Å². The van der Waals surface area contributed by atoms with Crippen LogP contribution in [0.25, 0.3) is 0 Å². The number of carbonyl (C=O) groups excluding carboxylic acids is 1. The molecule has 2 atom stereocenters. The van der Waals surface area contributed by atoms with Crippen LogP contribution in [-0.4, -0.2) is 25.6 Å². The first-order valence-corrected chi connectivity index (χ1v) is 7.16. The maximum atomic E-state index is 12.5. The predicted molar refractivity (Wildman–Crippen MR) is 82.5 cm³/mol. The second-order valence-corrected chi connectivity index (χ2v) is 5.08. The van der Waals surface area contributed by atoms with Crippen LogP contribution in [0.3, 0.4) is 0 Å². The van der Waals surface area contributed by atoms with Gasteiger partial charge in [-0.2, -0.15) is 8.78 Å². The molecule has 1 aliphatic heterocycles. The van der Waals surface area contributed by atoms with Crippen molar-refractivity contribution in [3.05, 3.63) is 29.8 Å². The minimum Gasteiger partial charge on any atom is -0.434 e. The van der Waals surface area contributed by atoms with E-state index in [0.29, 0.717) is 18.5 Å². The predicted octanol–water partition coefficient (Wildman–Crippen LogP) is 2.89. The number of halogens is 3. The average molecular weight is 335 g/mol. The van der Waals surface area contributed by atoms with E-state index in [1.54, 1.807) is 18.2 Å². The molecule has 1 aliphatic rings. The zero-order valence-electron chi connectivity index (χ0n) is 12.4. The van der Waals surface area contributed by atoms with Crippen molar-refractivity contribution < 1.29 is 18.3 Å². The molecule has 1 heterocycles. The summed E-state index contributed by atoms with van der Waals surface area (Å²) in [5, 5.41) is 6.07. The summed E-state index contributed by atoms with van der Waals surface area (Å²) in [6, 6.07) is 6.26. The molecule has 2 N–H and O–H groups in total. The highest BCUT2D eigenvalue weighted by atomic mass is 35.5. The fourth-order valence-electron chi connectivity index (χ4n) is 2.54. The SMILES string of the molecule is CCC(NC(=O)C1CCNC1)c1ccccc1OC(F)F.Cl. The molecular weight excluding hydrogens is 314 g/mol. The molecule has 1 fully saturated rings. The second-order valence-electron chi connectivity index (χ2n) is 5.08. The van der Waals surface area contributed by atoms with Gasteiger partial charge in [0.05, 0.1) is 12.0 Å². The van der Waals surface area contributed by atoms with Crippen LogP contribution >= 0.6 is 12.4 Å². The van der Waals surface area contributed by atoms with Crippen LogP contribution in [0.2, 0.25) is 0 Å². The topological polar surface area (TPSA) is 50.4 Å². The van der Waals surface area contributed by atoms with Crippen LogP contribution in [0, 0.1) is 5.92 Å². The van der Waals surface area contributed by atoms with Crippen LogP contribution in [0.1, 0.15) is 31.4 Å². The van der Waals surface area contributed by atoms with E-state index >= 15 is 0 Å². The van der Waals surface area contributed by atoms with Gasteiger partial charge < -0.3 is 15.4 Å². The molecule has 0 radical (unpaired) electrons. The first-order chi connectivity index (χ1) is 10.1. The summed E-state index contributed by atoms with van der Waals surface area (Å²) < 4.78 is 29.5. The Morgan fingerprint density at radius 3 is 2.77 bits per heavy atom. The lowest BCUT2D eigenvalue weighted by atomic mass is 10.0. The van der Waals surface area contributed by atoms with Crippen LogP contribution in [0.15, 0.2) is 24.3 Å². The summed E-state index contributed by atoms with van der Waals surface area (Å²) in [4.78, 5) is 12.2. The van der Waals surface area contributed by atoms with Crippen molar-refractivity contribution >= 4 is 18.3 Å². The van der Waals surface area contributed by atoms with Gasteiger partial charge in [0.1, 0.15) is 5.75 Å². The standard InChI is InChI=1S/C15H20F2N2O2.ClH/c1-2-12(19-14(20)10-7-8-18-9-10)11-5-3-4-6-13(11)21-15(16)17;/h3-6,10,12,15,18H,2,7-9H2,1H3,(H,19,20);1H. The Labute approximate surface area is 135 Å². The van der Waals surface area contributed by atoms with Gasteiger partial charge in [-0.05, 0) is 25.5 Å². The van der Waals surface area contributed by atoms with Gasteiger partial charge in [-0.15, -0.1) is 12.4 Å². The van der Waals surface area contributed by atoms with E-state index in [9.17, 15) is 13.6 Å². The molecule has 22 heavy (non-hydrogen) atoms. The van der Waals surface area contributed by atoms with Crippen molar-refractivity contribution in [2.75, 3.05) is 13.1 Å². The average Bonchev–Trinajstić information content (AvgIpc) is 2.99. The highest BCUT2D eigenvalue weighted by Crippen LogP contribution is 2.28. The summed E-state index contributed by atoms with van der Waals surface area (Å²) in [7, 11) is 0. The van der Waals surface area contributed by atoms with Crippen LogP contribution < -0.4 is 15.4 Å². The summed E-state index contributed by atoms with van der Waals surface area (Å²) in [6.07, 6.45) is 1.41. The molecule has 0 aliphatic carbocycles. The fourth-order valence-corrected chi connectivity index (χ4v) is 2.54. The van der Waals surface area contributed by atoms with E-state index in [1.165, 1.54) is 6.07 Å². The van der Waals surface area contributed by atoms with Crippen LogP contribution in [0.4, 0.5) is 8.78 Å². The monoisotopic (exact) mass is 334 g/mol. The van der Waals surface area contributed by atoms with Crippen molar-refractivity contribution in [2.24, 2.45) is 5.92 Å². The van der Waals surface area contributed by atoms with Crippen LogP contribution in [0.5, 0.6) is 5.75 Å². The van der Waals surface area contributed by atoms with Crippen molar-refractivity contribution in [1.29, 1.82) is 0 Å². The molecule has 0 spiro atoms. The number of para-hydroxylation sites is 1. The van der Waals surface area contributed by atoms with Crippen molar-refractivity contribution in [3.8, 4) is 5.75 Å². The Morgan fingerprint density at radius 1 is 1.45 bits per heavy atom. The zero-order valence-corrected chi connectivity index (χ0v) is 13.2. The van der Waals surface area contributed by atoms with Gasteiger partial charge >= 0.3 is 6.61 Å². The maximum absolute atomic E-state index is 12.5. The lowest BCUT2D eigenvalue weighted by Gasteiger charge is -2.22. The first-order valence-electron chi connectivity index (χ1n) is 7.16. The minimum absolute atomic E-state index is 0. The van der Waals surface area contributed by atoms with Crippen molar-refractivity contribution in [1.82, 2.24) is 10.6 Å². The maximum Gasteiger partial charge on any atom is 0.387 e. The molecule has 1 aromatic carbocycles. The van der Waals surface area contributed by atoms with E-state index in [-0.39, 0.29) is 36.0 Å².